The fourth-order valence-corrected chi connectivity index (χ4v) is 3.68. The van der Waals surface area contributed by atoms with Gasteiger partial charge in [0, 0.05) is 18.0 Å². The van der Waals surface area contributed by atoms with Crippen molar-refractivity contribution in [1.29, 1.82) is 0 Å². The first-order chi connectivity index (χ1) is 8.62. The molecule has 0 amide bonds. The van der Waals surface area contributed by atoms with Gasteiger partial charge in [-0.25, -0.2) is 0 Å². The van der Waals surface area contributed by atoms with Gasteiger partial charge in [0.15, 0.2) is 0 Å². The number of nitrogens with one attached hydrogen (secondary N) is 1. The molecule has 2 nitrogen and oxygen atoms in total. The van der Waals surface area contributed by atoms with Crippen molar-refractivity contribution in [2.45, 2.75) is 51.7 Å². The summed E-state index contributed by atoms with van der Waals surface area (Å²) in [7, 11) is 0. The highest BCUT2D eigenvalue weighted by Crippen LogP contribution is 2.51. The lowest BCUT2D eigenvalue weighted by Gasteiger charge is -2.51. The van der Waals surface area contributed by atoms with E-state index in [0.29, 0.717) is 6.04 Å². The Labute approximate surface area is 110 Å². The lowest BCUT2D eigenvalue weighted by atomic mass is 9.67. The first-order valence-corrected chi connectivity index (χ1v) is 7.15. The molecule has 0 radical (unpaired) electrons. The molecule has 1 heterocycles. The number of benzene rings is 1. The molecule has 0 bridgehead atoms. The maximum Gasteiger partial charge on any atom is 0.124 e. The van der Waals surface area contributed by atoms with Crippen molar-refractivity contribution in [3.63, 3.8) is 0 Å². The van der Waals surface area contributed by atoms with E-state index in [9.17, 15) is 0 Å². The minimum atomic E-state index is 0.120. The summed E-state index contributed by atoms with van der Waals surface area (Å²) in [6.07, 6.45) is 3.55. The Morgan fingerprint density at radius 2 is 2.11 bits per heavy atom. The average molecular weight is 245 g/mol. The molecule has 1 unspecified atom stereocenters. The minimum Gasteiger partial charge on any atom is -0.487 e. The average Bonchev–Trinajstić information content (AvgIpc) is 2.29. The van der Waals surface area contributed by atoms with Crippen LogP contribution in [0.3, 0.4) is 0 Å². The van der Waals surface area contributed by atoms with Crippen molar-refractivity contribution in [1.82, 2.24) is 5.32 Å². The highest BCUT2D eigenvalue weighted by molar-refractivity contribution is 5.42. The minimum absolute atomic E-state index is 0.120. The van der Waals surface area contributed by atoms with Gasteiger partial charge in [-0.2, -0.15) is 0 Å². The number of aryl methyl sites for hydroxylation is 1. The quantitative estimate of drug-likeness (QED) is 0.859. The molecule has 1 aliphatic heterocycles. The van der Waals surface area contributed by atoms with Crippen molar-refractivity contribution in [2.75, 3.05) is 6.54 Å². The van der Waals surface area contributed by atoms with E-state index in [1.54, 1.807) is 0 Å². The van der Waals surface area contributed by atoms with Crippen LogP contribution in [0, 0.1) is 12.8 Å². The Hall–Kier alpha value is -1.02. The zero-order valence-electron chi connectivity index (χ0n) is 11.6. The molecule has 1 aromatic rings. The number of hydrogen-bond acceptors (Lipinski definition) is 2. The molecule has 0 aromatic heterocycles. The third-order valence-corrected chi connectivity index (χ3v) is 4.33. The van der Waals surface area contributed by atoms with E-state index in [0.717, 1.165) is 24.6 Å². The number of hydrogen-bond donors (Lipinski definition) is 1. The monoisotopic (exact) mass is 245 g/mol. The zero-order chi connectivity index (χ0) is 12.8. The van der Waals surface area contributed by atoms with Crippen molar-refractivity contribution in [3.8, 4) is 5.75 Å². The summed E-state index contributed by atoms with van der Waals surface area (Å²) in [5, 5.41) is 3.63. The molecule has 3 rings (SSSR count). The van der Waals surface area contributed by atoms with E-state index in [1.165, 1.54) is 24.0 Å². The van der Waals surface area contributed by atoms with Gasteiger partial charge < -0.3 is 10.1 Å². The lowest BCUT2D eigenvalue weighted by molar-refractivity contribution is -0.0688. The van der Waals surface area contributed by atoms with Crippen LogP contribution in [0.1, 0.15) is 50.3 Å². The molecule has 98 valence electrons. The van der Waals surface area contributed by atoms with Crippen LogP contribution in [0.2, 0.25) is 0 Å². The van der Waals surface area contributed by atoms with Crippen molar-refractivity contribution < 1.29 is 4.74 Å². The predicted octanol–water partition coefficient (Wildman–Crippen LogP) is 3.60. The van der Waals surface area contributed by atoms with Gasteiger partial charge >= 0.3 is 0 Å². The molecular formula is C16H23NO. The Bertz CT molecular complexity index is 448. The lowest BCUT2D eigenvalue weighted by Crippen LogP contribution is -2.52. The summed E-state index contributed by atoms with van der Waals surface area (Å²) in [5.41, 5.74) is 2.79. The standard InChI is InChI=1S/C16H23NO/c1-4-17-14-10-16(8-12(3)9-16)18-15-6-5-11(2)7-13(14)15/h5-7,12,14,17H,4,8-10H2,1-3H3. The highest BCUT2D eigenvalue weighted by atomic mass is 16.5. The predicted molar refractivity (Wildman–Crippen MR) is 74.0 cm³/mol. The molecule has 1 aliphatic carbocycles. The van der Waals surface area contributed by atoms with E-state index in [1.807, 2.05) is 0 Å². The van der Waals surface area contributed by atoms with Crippen LogP contribution in [0.25, 0.3) is 0 Å². The third-order valence-electron chi connectivity index (χ3n) is 4.33. The Balaban J connectivity index is 1.93. The van der Waals surface area contributed by atoms with Gasteiger partial charge in [-0.15, -0.1) is 0 Å². The summed E-state index contributed by atoms with van der Waals surface area (Å²) < 4.78 is 6.32. The SMILES string of the molecule is CCNC1CC2(CC(C)C2)Oc2ccc(C)cc21. The Kier molecular flexibility index (Phi) is 2.86. The van der Waals surface area contributed by atoms with E-state index in [-0.39, 0.29) is 5.60 Å². The fourth-order valence-electron chi connectivity index (χ4n) is 3.68. The van der Waals surface area contributed by atoms with Crippen LogP contribution in [-0.4, -0.2) is 12.1 Å². The molecule has 0 saturated heterocycles. The van der Waals surface area contributed by atoms with Crippen LogP contribution in [-0.2, 0) is 0 Å². The summed E-state index contributed by atoms with van der Waals surface area (Å²) in [6.45, 7) is 7.67. The van der Waals surface area contributed by atoms with Gasteiger partial charge in [0.2, 0.25) is 0 Å². The van der Waals surface area contributed by atoms with Crippen molar-refractivity contribution in [3.05, 3.63) is 29.3 Å². The molecular weight excluding hydrogens is 222 g/mol. The van der Waals surface area contributed by atoms with Gasteiger partial charge in [0.1, 0.15) is 11.4 Å². The topological polar surface area (TPSA) is 21.3 Å². The molecule has 2 aliphatic rings. The van der Waals surface area contributed by atoms with Crippen LogP contribution < -0.4 is 10.1 Å². The molecule has 1 spiro atoms. The van der Waals surface area contributed by atoms with Crippen molar-refractivity contribution >= 4 is 0 Å². The van der Waals surface area contributed by atoms with E-state index >= 15 is 0 Å². The second kappa shape index (κ2) is 4.27. The Morgan fingerprint density at radius 1 is 1.33 bits per heavy atom. The van der Waals surface area contributed by atoms with Crippen molar-refractivity contribution in [2.24, 2.45) is 5.92 Å². The second-order valence-electron chi connectivity index (χ2n) is 6.15. The van der Waals surface area contributed by atoms with Gasteiger partial charge in [-0.3, -0.25) is 0 Å². The summed E-state index contributed by atoms with van der Waals surface area (Å²) in [6, 6.07) is 7.05. The van der Waals surface area contributed by atoms with Crippen LogP contribution in [0.5, 0.6) is 5.75 Å². The zero-order valence-corrected chi connectivity index (χ0v) is 11.6. The second-order valence-corrected chi connectivity index (χ2v) is 6.15. The normalized spacial score (nSPS) is 33.7. The molecule has 1 atom stereocenters. The van der Waals surface area contributed by atoms with Gasteiger partial charge in [-0.05, 0) is 38.3 Å². The summed E-state index contributed by atoms with van der Waals surface area (Å²) in [4.78, 5) is 0. The number of rotatable bonds is 2. The van der Waals surface area contributed by atoms with Crippen LogP contribution in [0.15, 0.2) is 18.2 Å². The van der Waals surface area contributed by atoms with Gasteiger partial charge in [0.05, 0.1) is 0 Å². The fraction of sp³-hybridized carbons (Fsp3) is 0.625. The van der Waals surface area contributed by atoms with E-state index in [4.69, 9.17) is 4.74 Å². The van der Waals surface area contributed by atoms with Gasteiger partial charge in [0.25, 0.3) is 0 Å². The first-order valence-electron chi connectivity index (χ1n) is 7.15. The summed E-state index contributed by atoms with van der Waals surface area (Å²) in [5.74, 6) is 1.92. The first kappa shape index (κ1) is 12.0. The molecule has 1 fully saturated rings. The summed E-state index contributed by atoms with van der Waals surface area (Å²) >= 11 is 0. The largest absolute Gasteiger partial charge is 0.487 e. The maximum absolute atomic E-state index is 6.32. The van der Waals surface area contributed by atoms with Crippen LogP contribution >= 0.6 is 0 Å². The highest BCUT2D eigenvalue weighted by Gasteiger charge is 2.48. The molecule has 18 heavy (non-hydrogen) atoms. The van der Waals surface area contributed by atoms with E-state index < -0.39 is 0 Å². The number of fused-ring (bicyclic) bond motifs is 1. The smallest absolute Gasteiger partial charge is 0.124 e. The van der Waals surface area contributed by atoms with Gasteiger partial charge in [-0.1, -0.05) is 31.5 Å². The third kappa shape index (κ3) is 1.93. The maximum atomic E-state index is 6.32. The molecule has 1 saturated carbocycles. The molecule has 1 N–H and O–H groups in total. The van der Waals surface area contributed by atoms with E-state index in [2.05, 4.69) is 44.3 Å². The van der Waals surface area contributed by atoms with Crippen LogP contribution in [0.4, 0.5) is 0 Å². The molecule has 1 aromatic carbocycles. The number of ether oxygens (including phenoxy) is 1. The molecule has 2 heteroatoms. The Morgan fingerprint density at radius 3 is 2.78 bits per heavy atom.